The molecule has 1 rings (SSSR count). The molecular weight excluding hydrogens is 244 g/mol. The predicted molar refractivity (Wildman–Crippen MR) is 66.2 cm³/mol. The third-order valence-corrected chi connectivity index (χ3v) is 2.09. The largest absolute Gasteiger partial charge is 1.00 e. The number of unbranched alkanes of at least 4 members (excludes halogenated alkanes) is 3. The van der Waals surface area contributed by atoms with Crippen LogP contribution in [0.1, 0.15) is 35.5 Å². The lowest BCUT2D eigenvalue weighted by molar-refractivity contribution is -0.671. The van der Waals surface area contributed by atoms with E-state index in [1.54, 1.807) is 0 Å². The van der Waals surface area contributed by atoms with Gasteiger partial charge < -0.3 is 0 Å². The lowest BCUT2D eigenvalue weighted by atomic mass is 10.2. The molecule has 7 heteroatoms. The first-order valence-electron chi connectivity index (χ1n) is 5.54. The third-order valence-electron chi connectivity index (χ3n) is 2.09. The Kier molecular flexibility index (Phi) is 7.77. The fourth-order valence-corrected chi connectivity index (χ4v) is 1.36. The van der Waals surface area contributed by atoms with Crippen molar-refractivity contribution in [2.75, 3.05) is 0 Å². The van der Waals surface area contributed by atoms with Gasteiger partial charge >= 0.3 is 13.3 Å². The third kappa shape index (κ3) is 13.0. The van der Waals surface area contributed by atoms with Gasteiger partial charge in [0.15, 0.2) is 0 Å². The maximum absolute atomic E-state index is 8.74. The standard InChI is InChI=1S/C10H19N2.H2O4S/c1-3-4-5-6-7-12-9-8-11(2)10-12;1-5(2,3)4/h8-10H,3-7H2,1-2H3;(H2,1,2,3,4)/q+1;/p+2. The first-order valence-corrected chi connectivity index (χ1v) is 6.93. The van der Waals surface area contributed by atoms with Gasteiger partial charge in [0.25, 0.3) is 0 Å². The van der Waals surface area contributed by atoms with Crippen LogP contribution in [-0.4, -0.2) is 22.1 Å². The highest BCUT2D eigenvalue weighted by atomic mass is 32.3. The lowest BCUT2D eigenvalue weighted by Crippen LogP contribution is -2.23. The zero-order valence-corrected chi connectivity index (χ0v) is 11.1. The smallest absolute Gasteiger partial charge is 0.264 e. The molecule has 0 spiro atoms. The van der Waals surface area contributed by atoms with Crippen molar-refractivity contribution in [3.05, 3.63) is 18.7 Å². The monoisotopic (exact) mass is 267 g/mol. The average Bonchev–Trinajstić information content (AvgIpc) is 2.56. The normalized spacial score (nSPS) is 10.8. The highest BCUT2D eigenvalue weighted by Crippen LogP contribution is 2.00. The zero-order chi connectivity index (χ0) is 13.3. The molecule has 0 unspecified atom stereocenters. The van der Waals surface area contributed by atoms with Gasteiger partial charge in [-0.25, -0.2) is 9.13 Å². The number of rotatable bonds is 5. The summed E-state index contributed by atoms with van der Waals surface area (Å²) in [6.07, 6.45) is 11.7. The Labute approximate surface area is 105 Å². The van der Waals surface area contributed by atoms with Crippen LogP contribution in [0, 0.1) is 0 Å². The van der Waals surface area contributed by atoms with Gasteiger partial charge in [0.1, 0.15) is 12.4 Å². The summed E-state index contributed by atoms with van der Waals surface area (Å²) < 4.78 is 35.9. The van der Waals surface area contributed by atoms with Crippen LogP contribution in [0.3, 0.4) is 0 Å². The maximum Gasteiger partial charge on any atom is 1.00 e. The predicted octanol–water partition coefficient (Wildman–Crippen LogP) is 1.47. The van der Waals surface area contributed by atoms with E-state index in [4.69, 9.17) is 17.5 Å². The second-order valence-corrected chi connectivity index (χ2v) is 4.72. The van der Waals surface area contributed by atoms with Crippen molar-refractivity contribution in [1.82, 2.24) is 4.57 Å². The average molecular weight is 267 g/mol. The molecule has 2 N–H and O–H groups in total. The van der Waals surface area contributed by atoms with E-state index in [-0.39, 0.29) is 2.85 Å². The van der Waals surface area contributed by atoms with Crippen LogP contribution in [0.5, 0.6) is 0 Å². The molecule has 6 nitrogen and oxygen atoms in total. The van der Waals surface area contributed by atoms with E-state index in [2.05, 4.69) is 41.8 Å². The van der Waals surface area contributed by atoms with Crippen LogP contribution < -0.4 is 4.57 Å². The lowest BCUT2D eigenvalue weighted by Gasteiger charge is -1.95. The molecule has 0 bridgehead atoms. The Morgan fingerprint density at radius 2 is 1.88 bits per heavy atom. The number of nitrogens with zero attached hydrogens (tertiary/aromatic N) is 2. The van der Waals surface area contributed by atoms with Gasteiger partial charge in [-0.2, -0.15) is 8.42 Å². The first kappa shape index (κ1) is 16.1. The van der Waals surface area contributed by atoms with Crippen molar-refractivity contribution >= 4 is 10.4 Å². The van der Waals surface area contributed by atoms with Gasteiger partial charge in [-0.1, -0.05) is 19.8 Å². The van der Waals surface area contributed by atoms with Gasteiger partial charge in [0.2, 0.25) is 6.33 Å². The van der Waals surface area contributed by atoms with Crippen LogP contribution in [0.2, 0.25) is 0 Å². The summed E-state index contributed by atoms with van der Waals surface area (Å²) in [5.41, 5.74) is 0. The molecule has 0 saturated carbocycles. The van der Waals surface area contributed by atoms with Crippen molar-refractivity contribution in [2.45, 2.75) is 39.2 Å². The van der Waals surface area contributed by atoms with E-state index in [1.807, 2.05) is 0 Å². The van der Waals surface area contributed by atoms with Crippen LogP contribution in [-0.2, 0) is 24.0 Å². The molecule has 0 aliphatic carbocycles. The van der Waals surface area contributed by atoms with Crippen molar-refractivity contribution in [1.29, 1.82) is 0 Å². The summed E-state index contributed by atoms with van der Waals surface area (Å²) in [7, 11) is -2.61. The summed E-state index contributed by atoms with van der Waals surface area (Å²) in [5.74, 6) is 0. The molecule has 0 amide bonds. The molecule has 0 aliphatic rings. The molecule has 1 aromatic heterocycles. The summed E-state index contributed by atoms with van der Waals surface area (Å²) >= 11 is 0. The summed E-state index contributed by atoms with van der Waals surface area (Å²) in [6.45, 7) is 3.41. The van der Waals surface area contributed by atoms with E-state index in [9.17, 15) is 0 Å². The highest BCUT2D eigenvalue weighted by Gasteiger charge is 1.97. The molecule has 100 valence electrons. The molecule has 1 heterocycles. The highest BCUT2D eigenvalue weighted by molar-refractivity contribution is 7.79. The minimum atomic E-state index is -4.67. The molecule has 0 radical (unpaired) electrons. The van der Waals surface area contributed by atoms with E-state index in [0.717, 1.165) is 0 Å². The first-order chi connectivity index (χ1) is 7.83. The number of aromatic nitrogens is 2. The Bertz CT molecular complexity index is 401. The topological polar surface area (TPSA) is 83.4 Å². The second-order valence-electron chi connectivity index (χ2n) is 3.83. The Morgan fingerprint density at radius 1 is 1.29 bits per heavy atom. The number of imidazole rings is 1. The molecule has 0 aromatic carbocycles. The fourth-order valence-electron chi connectivity index (χ4n) is 1.36. The van der Waals surface area contributed by atoms with Crippen molar-refractivity contribution < 1.29 is 24.9 Å². The van der Waals surface area contributed by atoms with Crippen LogP contribution in [0.15, 0.2) is 18.7 Å². The van der Waals surface area contributed by atoms with Gasteiger partial charge in [0.05, 0.1) is 13.6 Å². The summed E-state index contributed by atoms with van der Waals surface area (Å²) in [6, 6.07) is 0. The number of hydrogen-bond donors (Lipinski definition) is 2. The molecule has 1 aromatic rings. The van der Waals surface area contributed by atoms with Crippen LogP contribution in [0.4, 0.5) is 0 Å². The minimum Gasteiger partial charge on any atom is -0.264 e. The minimum absolute atomic E-state index is 0. The van der Waals surface area contributed by atoms with Gasteiger partial charge in [-0.3, -0.25) is 9.11 Å². The fraction of sp³-hybridized carbons (Fsp3) is 0.700. The zero-order valence-electron chi connectivity index (χ0n) is 12.3. The van der Waals surface area contributed by atoms with Gasteiger partial charge in [-0.05, 0) is 12.8 Å². The molecule has 0 fully saturated rings. The molecule has 0 saturated heterocycles. The molecule has 17 heavy (non-hydrogen) atoms. The Hall–Kier alpha value is -0.920. The van der Waals surface area contributed by atoms with Crippen molar-refractivity contribution in [2.24, 2.45) is 7.05 Å². The van der Waals surface area contributed by atoms with Crippen LogP contribution >= 0.6 is 0 Å². The SMILES string of the molecule is CCCCCCn1cc[n+](C)c1.O=S(=O)(O)O.[H+].[H+]. The maximum atomic E-state index is 8.74. The summed E-state index contributed by atoms with van der Waals surface area (Å²) in [5, 5.41) is 0. The Balaban J connectivity index is -0.000000320. The molecule has 0 atom stereocenters. The van der Waals surface area contributed by atoms with Gasteiger partial charge in [-0.15, -0.1) is 0 Å². The number of hydrogen-bond acceptors (Lipinski definition) is 2. The van der Waals surface area contributed by atoms with E-state index in [0.29, 0.717) is 0 Å². The quantitative estimate of drug-likeness (QED) is 0.480. The summed E-state index contributed by atoms with van der Waals surface area (Å²) in [4.78, 5) is 0. The number of aryl methyl sites for hydroxylation is 2. The Morgan fingerprint density at radius 3 is 2.29 bits per heavy atom. The van der Waals surface area contributed by atoms with Crippen molar-refractivity contribution in [3.63, 3.8) is 0 Å². The molecular formula is C10H23N2O4S+3. The van der Waals surface area contributed by atoms with E-state index in [1.165, 1.54) is 32.2 Å². The second kappa shape index (κ2) is 8.21. The molecule has 0 aliphatic heterocycles. The van der Waals surface area contributed by atoms with E-state index < -0.39 is 10.4 Å². The van der Waals surface area contributed by atoms with Crippen molar-refractivity contribution in [3.8, 4) is 0 Å². The van der Waals surface area contributed by atoms with Crippen LogP contribution in [0.25, 0.3) is 0 Å². The van der Waals surface area contributed by atoms with E-state index >= 15 is 0 Å². The van der Waals surface area contributed by atoms with Gasteiger partial charge in [0, 0.05) is 0 Å².